The molecule has 0 saturated heterocycles. The molecular weight excluding hydrogens is 252 g/mol. The van der Waals surface area contributed by atoms with Crippen molar-refractivity contribution in [3.63, 3.8) is 0 Å². The van der Waals surface area contributed by atoms with Crippen molar-refractivity contribution in [2.45, 2.75) is 39.2 Å². The maximum absolute atomic E-state index is 4.74. The molecule has 1 unspecified atom stereocenters. The molecule has 0 aliphatic rings. The van der Waals surface area contributed by atoms with Crippen LogP contribution in [0.3, 0.4) is 0 Å². The number of hydrogen-bond acceptors (Lipinski definition) is 3. The maximum Gasteiger partial charge on any atom is 0.0953 e. The van der Waals surface area contributed by atoms with Crippen LogP contribution in [0.2, 0.25) is 0 Å². The third-order valence-electron chi connectivity index (χ3n) is 3.13. The zero-order valence-electron chi connectivity index (χ0n) is 11.9. The molecule has 2 aromatic rings. The number of nitrogens with zero attached hydrogens (tertiary/aromatic N) is 1. The van der Waals surface area contributed by atoms with Gasteiger partial charge in [0.1, 0.15) is 0 Å². The van der Waals surface area contributed by atoms with Crippen molar-refractivity contribution in [2.75, 3.05) is 6.54 Å². The molecule has 0 spiro atoms. The van der Waals surface area contributed by atoms with Crippen molar-refractivity contribution in [2.24, 2.45) is 0 Å². The van der Waals surface area contributed by atoms with E-state index in [1.54, 1.807) is 11.3 Å². The summed E-state index contributed by atoms with van der Waals surface area (Å²) in [6, 6.07) is 11.0. The highest BCUT2D eigenvalue weighted by molar-refractivity contribution is 7.09. The van der Waals surface area contributed by atoms with E-state index in [0.29, 0.717) is 12.0 Å². The Hall–Kier alpha value is -1.19. The van der Waals surface area contributed by atoms with Crippen molar-refractivity contribution < 1.29 is 0 Å². The smallest absolute Gasteiger partial charge is 0.0953 e. The standard InChI is InChI=1S/C16H22N2S/c1-4-17-15(13-8-6-5-7-9-13)10-14-11-19-16(18-14)12(2)3/h5-9,11-12,15,17H,4,10H2,1-3H3. The molecule has 0 fully saturated rings. The average Bonchev–Trinajstić information content (AvgIpc) is 2.88. The lowest BCUT2D eigenvalue weighted by molar-refractivity contribution is 0.544. The van der Waals surface area contributed by atoms with Crippen LogP contribution in [0.1, 0.15) is 49.0 Å². The number of rotatable bonds is 6. The first kappa shape index (κ1) is 14.2. The summed E-state index contributed by atoms with van der Waals surface area (Å²) in [4.78, 5) is 4.74. The van der Waals surface area contributed by atoms with Crippen LogP contribution in [0.25, 0.3) is 0 Å². The fraction of sp³-hybridized carbons (Fsp3) is 0.438. The van der Waals surface area contributed by atoms with E-state index in [4.69, 9.17) is 4.98 Å². The summed E-state index contributed by atoms with van der Waals surface area (Å²) >= 11 is 1.77. The van der Waals surface area contributed by atoms with Crippen LogP contribution in [-0.4, -0.2) is 11.5 Å². The van der Waals surface area contributed by atoms with Crippen molar-refractivity contribution in [1.29, 1.82) is 0 Å². The van der Waals surface area contributed by atoms with Crippen LogP contribution in [0.15, 0.2) is 35.7 Å². The molecular formula is C16H22N2S. The fourth-order valence-corrected chi connectivity index (χ4v) is 2.98. The Morgan fingerprint density at radius 1 is 1.21 bits per heavy atom. The Labute approximate surface area is 119 Å². The second-order valence-corrected chi connectivity index (χ2v) is 5.95. The molecule has 2 rings (SSSR count). The zero-order valence-corrected chi connectivity index (χ0v) is 12.7. The minimum atomic E-state index is 0.355. The lowest BCUT2D eigenvalue weighted by atomic mass is 10.0. The van der Waals surface area contributed by atoms with E-state index in [0.717, 1.165) is 13.0 Å². The van der Waals surface area contributed by atoms with Crippen LogP contribution in [0.5, 0.6) is 0 Å². The van der Waals surface area contributed by atoms with Crippen molar-refractivity contribution >= 4 is 11.3 Å². The van der Waals surface area contributed by atoms with E-state index in [1.807, 2.05) is 0 Å². The Bertz CT molecular complexity index is 490. The third kappa shape index (κ3) is 3.88. The normalized spacial score (nSPS) is 12.8. The number of benzene rings is 1. The van der Waals surface area contributed by atoms with E-state index in [1.165, 1.54) is 16.3 Å². The molecule has 1 aromatic heterocycles. The van der Waals surface area contributed by atoms with Crippen LogP contribution in [0, 0.1) is 0 Å². The molecule has 1 atom stereocenters. The molecule has 0 aliphatic heterocycles. The zero-order chi connectivity index (χ0) is 13.7. The van der Waals surface area contributed by atoms with Gasteiger partial charge in [0.25, 0.3) is 0 Å². The molecule has 2 nitrogen and oxygen atoms in total. The summed E-state index contributed by atoms with van der Waals surface area (Å²) in [6.45, 7) is 7.51. The third-order valence-corrected chi connectivity index (χ3v) is 4.32. The number of likely N-dealkylation sites (N-methyl/N-ethyl adjacent to an activating group) is 1. The largest absolute Gasteiger partial charge is 0.310 e. The summed E-state index contributed by atoms with van der Waals surface area (Å²) in [5.74, 6) is 0.521. The summed E-state index contributed by atoms with van der Waals surface area (Å²) in [7, 11) is 0. The van der Waals surface area contributed by atoms with Crippen molar-refractivity contribution in [1.82, 2.24) is 10.3 Å². The molecule has 0 bridgehead atoms. The van der Waals surface area contributed by atoms with E-state index in [2.05, 4.69) is 61.8 Å². The molecule has 19 heavy (non-hydrogen) atoms. The lowest BCUT2D eigenvalue weighted by Crippen LogP contribution is -2.23. The lowest BCUT2D eigenvalue weighted by Gasteiger charge is -2.17. The van der Waals surface area contributed by atoms with Crippen LogP contribution < -0.4 is 5.32 Å². The quantitative estimate of drug-likeness (QED) is 0.855. The molecule has 0 radical (unpaired) electrons. The number of nitrogens with one attached hydrogen (secondary N) is 1. The van der Waals surface area contributed by atoms with E-state index in [-0.39, 0.29) is 0 Å². The topological polar surface area (TPSA) is 24.9 Å². The van der Waals surface area contributed by atoms with E-state index in [9.17, 15) is 0 Å². The van der Waals surface area contributed by atoms with Gasteiger partial charge in [-0.25, -0.2) is 4.98 Å². The molecule has 102 valence electrons. The fourth-order valence-electron chi connectivity index (χ4n) is 2.13. The van der Waals surface area contributed by atoms with Gasteiger partial charge in [-0.3, -0.25) is 0 Å². The van der Waals surface area contributed by atoms with Crippen LogP contribution in [0.4, 0.5) is 0 Å². The molecule has 1 aromatic carbocycles. The number of hydrogen-bond donors (Lipinski definition) is 1. The SMILES string of the molecule is CCNC(Cc1csc(C(C)C)n1)c1ccccc1. The van der Waals surface area contributed by atoms with Gasteiger partial charge < -0.3 is 5.32 Å². The van der Waals surface area contributed by atoms with Gasteiger partial charge in [0.15, 0.2) is 0 Å². The highest BCUT2D eigenvalue weighted by Crippen LogP contribution is 2.23. The predicted molar refractivity (Wildman–Crippen MR) is 82.8 cm³/mol. The highest BCUT2D eigenvalue weighted by Gasteiger charge is 2.13. The first-order chi connectivity index (χ1) is 9.20. The minimum Gasteiger partial charge on any atom is -0.310 e. The average molecular weight is 274 g/mol. The molecule has 1 heterocycles. The monoisotopic (exact) mass is 274 g/mol. The number of thiazole rings is 1. The van der Waals surface area contributed by atoms with Gasteiger partial charge >= 0.3 is 0 Å². The Kier molecular flexibility index (Phi) is 5.11. The summed E-state index contributed by atoms with van der Waals surface area (Å²) in [6.07, 6.45) is 0.959. The molecule has 0 amide bonds. The first-order valence-electron chi connectivity index (χ1n) is 6.93. The van der Waals surface area contributed by atoms with Gasteiger partial charge in [-0.2, -0.15) is 0 Å². The second kappa shape index (κ2) is 6.83. The number of aromatic nitrogens is 1. The van der Waals surface area contributed by atoms with E-state index < -0.39 is 0 Å². The maximum atomic E-state index is 4.74. The predicted octanol–water partition coefficient (Wildman–Crippen LogP) is 4.16. The van der Waals surface area contributed by atoms with Gasteiger partial charge in [0, 0.05) is 23.8 Å². The van der Waals surface area contributed by atoms with Crippen LogP contribution in [-0.2, 0) is 6.42 Å². The molecule has 0 aliphatic carbocycles. The van der Waals surface area contributed by atoms with Gasteiger partial charge in [-0.15, -0.1) is 11.3 Å². The summed E-state index contributed by atoms with van der Waals surface area (Å²) in [5.41, 5.74) is 2.53. The molecule has 3 heteroatoms. The Morgan fingerprint density at radius 3 is 2.53 bits per heavy atom. The van der Waals surface area contributed by atoms with Gasteiger partial charge in [-0.05, 0) is 12.1 Å². The van der Waals surface area contributed by atoms with Crippen molar-refractivity contribution in [3.05, 3.63) is 52.0 Å². The molecule has 0 saturated carbocycles. The minimum absolute atomic E-state index is 0.355. The summed E-state index contributed by atoms with van der Waals surface area (Å²) in [5, 5.41) is 6.98. The second-order valence-electron chi connectivity index (χ2n) is 5.06. The van der Waals surface area contributed by atoms with Gasteiger partial charge in [0.2, 0.25) is 0 Å². The highest BCUT2D eigenvalue weighted by atomic mass is 32.1. The van der Waals surface area contributed by atoms with Gasteiger partial charge in [0.05, 0.1) is 10.7 Å². The van der Waals surface area contributed by atoms with Crippen LogP contribution >= 0.6 is 11.3 Å². The first-order valence-corrected chi connectivity index (χ1v) is 7.81. The Balaban J connectivity index is 2.12. The van der Waals surface area contributed by atoms with Gasteiger partial charge in [-0.1, -0.05) is 51.1 Å². The Morgan fingerprint density at radius 2 is 1.95 bits per heavy atom. The summed E-state index contributed by atoms with van der Waals surface area (Å²) < 4.78 is 0. The van der Waals surface area contributed by atoms with Crippen molar-refractivity contribution in [3.8, 4) is 0 Å². The molecule has 1 N–H and O–H groups in total. The van der Waals surface area contributed by atoms with E-state index >= 15 is 0 Å².